The zero-order valence-electron chi connectivity index (χ0n) is 13.0. The van der Waals surface area contributed by atoms with Gasteiger partial charge in [-0.3, -0.25) is 0 Å². The first kappa shape index (κ1) is 15.3. The predicted molar refractivity (Wildman–Crippen MR) is 89.9 cm³/mol. The fourth-order valence-electron chi connectivity index (χ4n) is 3.71. The molecule has 1 saturated carbocycles. The lowest BCUT2D eigenvalue weighted by molar-refractivity contribution is 0.143. The van der Waals surface area contributed by atoms with Gasteiger partial charge in [-0.1, -0.05) is 28.8 Å². The van der Waals surface area contributed by atoms with E-state index in [1.165, 1.54) is 31.2 Å². The van der Waals surface area contributed by atoms with E-state index in [1.807, 2.05) is 0 Å². The minimum Gasteiger partial charge on any atom is -0.493 e. The SMILES string of the molecule is CN(C)C1(CNC2CCOc3ccc(Br)cc32)CCCC1. The molecule has 1 aliphatic carbocycles. The summed E-state index contributed by atoms with van der Waals surface area (Å²) in [4.78, 5) is 2.42. The van der Waals surface area contributed by atoms with E-state index in [0.717, 1.165) is 29.8 Å². The van der Waals surface area contributed by atoms with Gasteiger partial charge in [-0.05, 0) is 45.1 Å². The maximum Gasteiger partial charge on any atom is 0.124 e. The van der Waals surface area contributed by atoms with Crippen molar-refractivity contribution >= 4 is 15.9 Å². The number of hydrogen-bond donors (Lipinski definition) is 1. The summed E-state index contributed by atoms with van der Waals surface area (Å²) >= 11 is 3.58. The molecule has 1 fully saturated rings. The molecule has 1 unspecified atom stereocenters. The number of ether oxygens (including phenoxy) is 1. The maximum atomic E-state index is 5.78. The molecule has 0 amide bonds. The van der Waals surface area contributed by atoms with Crippen LogP contribution in [0.5, 0.6) is 5.75 Å². The van der Waals surface area contributed by atoms with Gasteiger partial charge in [0.25, 0.3) is 0 Å². The van der Waals surface area contributed by atoms with Gasteiger partial charge in [0.2, 0.25) is 0 Å². The molecule has 1 aromatic rings. The zero-order valence-corrected chi connectivity index (χ0v) is 14.6. The van der Waals surface area contributed by atoms with Gasteiger partial charge in [-0.25, -0.2) is 0 Å². The fourth-order valence-corrected chi connectivity index (χ4v) is 4.08. The van der Waals surface area contributed by atoms with Crippen molar-refractivity contribution in [1.82, 2.24) is 10.2 Å². The standard InChI is InChI=1S/C17H25BrN2O/c1-20(2)17(8-3-4-9-17)12-19-15-7-10-21-16-6-5-13(18)11-14(15)16/h5-6,11,15,19H,3-4,7-10,12H2,1-2H3. The third-order valence-electron chi connectivity index (χ3n) is 5.17. The van der Waals surface area contributed by atoms with Crippen LogP contribution in [-0.4, -0.2) is 37.7 Å². The average molecular weight is 353 g/mol. The highest BCUT2D eigenvalue weighted by Crippen LogP contribution is 2.37. The largest absolute Gasteiger partial charge is 0.493 e. The first-order valence-electron chi connectivity index (χ1n) is 7.94. The molecular formula is C17H25BrN2O. The van der Waals surface area contributed by atoms with Crippen LogP contribution in [0.3, 0.4) is 0 Å². The predicted octanol–water partition coefficient (Wildman–Crippen LogP) is 3.74. The Morgan fingerprint density at radius 2 is 2.10 bits per heavy atom. The quantitative estimate of drug-likeness (QED) is 0.893. The van der Waals surface area contributed by atoms with E-state index >= 15 is 0 Å². The van der Waals surface area contributed by atoms with Crippen molar-refractivity contribution in [2.45, 2.75) is 43.7 Å². The van der Waals surface area contributed by atoms with Crippen molar-refractivity contribution in [3.63, 3.8) is 0 Å². The highest BCUT2D eigenvalue weighted by atomic mass is 79.9. The normalized spacial score (nSPS) is 23.9. The van der Waals surface area contributed by atoms with Gasteiger partial charge in [0.1, 0.15) is 5.75 Å². The van der Waals surface area contributed by atoms with Gasteiger partial charge in [0.15, 0.2) is 0 Å². The van der Waals surface area contributed by atoms with Gasteiger partial charge >= 0.3 is 0 Å². The number of halogens is 1. The van der Waals surface area contributed by atoms with Crippen molar-refractivity contribution in [1.29, 1.82) is 0 Å². The van der Waals surface area contributed by atoms with Crippen LogP contribution in [0.25, 0.3) is 0 Å². The minimum absolute atomic E-state index is 0.338. The fraction of sp³-hybridized carbons (Fsp3) is 0.647. The van der Waals surface area contributed by atoms with Gasteiger partial charge in [0, 0.05) is 34.6 Å². The van der Waals surface area contributed by atoms with E-state index in [4.69, 9.17) is 4.74 Å². The molecule has 116 valence electrons. The number of fused-ring (bicyclic) bond motifs is 1. The highest BCUT2D eigenvalue weighted by molar-refractivity contribution is 9.10. The van der Waals surface area contributed by atoms with Crippen molar-refractivity contribution in [3.8, 4) is 5.75 Å². The molecule has 0 saturated heterocycles. The van der Waals surface area contributed by atoms with Gasteiger partial charge in [-0.15, -0.1) is 0 Å². The highest BCUT2D eigenvalue weighted by Gasteiger charge is 2.36. The first-order valence-corrected chi connectivity index (χ1v) is 8.73. The smallest absolute Gasteiger partial charge is 0.124 e. The minimum atomic E-state index is 0.338. The van der Waals surface area contributed by atoms with Crippen LogP contribution in [-0.2, 0) is 0 Å². The van der Waals surface area contributed by atoms with Crippen LogP contribution in [0, 0.1) is 0 Å². The Balaban J connectivity index is 1.73. The molecule has 3 nitrogen and oxygen atoms in total. The zero-order chi connectivity index (χ0) is 14.9. The van der Waals surface area contributed by atoms with Crippen LogP contribution in [0.4, 0.5) is 0 Å². The lowest BCUT2D eigenvalue weighted by Gasteiger charge is -2.38. The number of nitrogens with one attached hydrogen (secondary N) is 1. The Hall–Kier alpha value is -0.580. The molecule has 0 aromatic heterocycles. The Labute approximate surface area is 136 Å². The summed E-state index contributed by atoms with van der Waals surface area (Å²) in [5.41, 5.74) is 1.63. The number of nitrogens with zero attached hydrogens (tertiary/aromatic N) is 1. The molecule has 0 bridgehead atoms. The molecule has 21 heavy (non-hydrogen) atoms. The van der Waals surface area contributed by atoms with E-state index in [-0.39, 0.29) is 0 Å². The van der Waals surface area contributed by atoms with Crippen LogP contribution < -0.4 is 10.1 Å². The van der Waals surface area contributed by atoms with Crippen LogP contribution in [0.1, 0.15) is 43.7 Å². The van der Waals surface area contributed by atoms with Crippen molar-refractivity contribution in [2.75, 3.05) is 27.2 Å². The molecule has 1 aliphatic heterocycles. The summed E-state index contributed by atoms with van der Waals surface area (Å²) in [6, 6.07) is 6.73. The summed E-state index contributed by atoms with van der Waals surface area (Å²) < 4.78 is 6.91. The first-order chi connectivity index (χ1) is 10.1. The Morgan fingerprint density at radius 1 is 1.33 bits per heavy atom. The third-order valence-corrected chi connectivity index (χ3v) is 5.67. The Bertz CT molecular complexity index is 498. The van der Waals surface area contributed by atoms with Crippen LogP contribution >= 0.6 is 15.9 Å². The summed E-state index contributed by atoms with van der Waals surface area (Å²) in [7, 11) is 4.45. The number of rotatable bonds is 4. The second kappa shape index (κ2) is 6.27. The Kier molecular flexibility index (Phi) is 4.57. The number of hydrogen-bond acceptors (Lipinski definition) is 3. The summed E-state index contributed by atoms with van der Waals surface area (Å²) in [6.45, 7) is 1.87. The summed E-state index contributed by atoms with van der Waals surface area (Å²) in [5.74, 6) is 1.03. The molecule has 0 spiro atoms. The molecule has 0 radical (unpaired) electrons. The molecule has 3 rings (SSSR count). The van der Waals surface area contributed by atoms with Gasteiger partial charge in [0.05, 0.1) is 6.61 Å². The molecule has 1 aromatic carbocycles. The Morgan fingerprint density at radius 3 is 2.81 bits per heavy atom. The monoisotopic (exact) mass is 352 g/mol. The lowest BCUT2D eigenvalue weighted by atomic mass is 9.94. The van der Waals surface area contributed by atoms with E-state index in [0.29, 0.717) is 11.6 Å². The van der Waals surface area contributed by atoms with Crippen LogP contribution in [0.15, 0.2) is 22.7 Å². The van der Waals surface area contributed by atoms with Crippen molar-refractivity contribution in [3.05, 3.63) is 28.2 Å². The third kappa shape index (κ3) is 3.13. The van der Waals surface area contributed by atoms with E-state index in [2.05, 4.69) is 58.4 Å². The van der Waals surface area contributed by atoms with Gasteiger partial charge < -0.3 is 15.0 Å². The van der Waals surface area contributed by atoms with E-state index in [9.17, 15) is 0 Å². The average Bonchev–Trinajstić information content (AvgIpc) is 2.95. The topological polar surface area (TPSA) is 24.5 Å². The van der Waals surface area contributed by atoms with Gasteiger partial charge in [-0.2, -0.15) is 0 Å². The molecule has 1 atom stereocenters. The number of benzene rings is 1. The summed E-state index contributed by atoms with van der Waals surface area (Å²) in [6.07, 6.45) is 6.38. The number of likely N-dealkylation sites (N-methyl/N-ethyl adjacent to an activating group) is 1. The molecule has 1 N–H and O–H groups in total. The second-order valence-corrected chi connectivity index (χ2v) is 7.49. The lowest BCUT2D eigenvalue weighted by Crippen LogP contribution is -2.50. The van der Waals surface area contributed by atoms with Crippen molar-refractivity contribution < 1.29 is 4.74 Å². The molecular weight excluding hydrogens is 328 g/mol. The van der Waals surface area contributed by atoms with E-state index < -0.39 is 0 Å². The molecule has 4 heteroatoms. The molecule has 1 heterocycles. The summed E-state index contributed by atoms with van der Waals surface area (Å²) in [5, 5.41) is 3.83. The maximum absolute atomic E-state index is 5.78. The van der Waals surface area contributed by atoms with E-state index in [1.54, 1.807) is 0 Å². The second-order valence-electron chi connectivity index (χ2n) is 6.58. The molecule has 2 aliphatic rings. The van der Waals surface area contributed by atoms with Crippen molar-refractivity contribution in [2.24, 2.45) is 0 Å². The van der Waals surface area contributed by atoms with Crippen LogP contribution in [0.2, 0.25) is 0 Å².